The van der Waals surface area contributed by atoms with E-state index < -0.39 is 0 Å². The Morgan fingerprint density at radius 1 is 1.00 bits per heavy atom. The fraction of sp³-hybridized carbons (Fsp3) is 0.167. The van der Waals surface area contributed by atoms with Gasteiger partial charge in [-0.3, -0.25) is 4.98 Å². The Bertz CT molecular complexity index is 798. The van der Waals surface area contributed by atoms with E-state index in [2.05, 4.69) is 65.0 Å². The molecule has 3 nitrogen and oxygen atoms in total. The third-order valence-corrected chi connectivity index (χ3v) is 4.22. The molecule has 1 aromatic heterocycles. The number of nitrogens with zero attached hydrogens (tertiary/aromatic N) is 1. The number of hydrogen-bond donors (Lipinski definition) is 2. The molecule has 0 radical (unpaired) electrons. The van der Waals surface area contributed by atoms with Crippen LogP contribution in [-0.4, -0.2) is 11.5 Å². The van der Waals surface area contributed by atoms with Gasteiger partial charge in [-0.25, -0.2) is 0 Å². The Kier molecular flexibility index (Phi) is 2.61. The van der Waals surface area contributed by atoms with Gasteiger partial charge in [-0.05, 0) is 18.6 Å². The molecule has 4 rings (SSSR count). The lowest BCUT2D eigenvalue weighted by molar-refractivity contribution is 0.566. The van der Waals surface area contributed by atoms with Gasteiger partial charge >= 0.3 is 0 Å². The van der Waals surface area contributed by atoms with Gasteiger partial charge in [0.25, 0.3) is 0 Å². The van der Waals surface area contributed by atoms with E-state index in [1.807, 2.05) is 18.3 Å². The number of rotatable bonds is 1. The van der Waals surface area contributed by atoms with Crippen molar-refractivity contribution in [1.82, 2.24) is 4.98 Å². The van der Waals surface area contributed by atoms with E-state index in [-0.39, 0.29) is 5.54 Å². The first kappa shape index (κ1) is 12.2. The second-order valence-corrected chi connectivity index (χ2v) is 5.74. The molecule has 0 saturated carbocycles. The average Bonchev–Trinajstić information content (AvgIpc) is 2.55. The SMILES string of the molecule is CC1(c2ccccc2)CNc2cnc3ccccc3c2N1. The summed E-state index contributed by atoms with van der Waals surface area (Å²) < 4.78 is 0. The average molecular weight is 275 g/mol. The number of para-hydroxylation sites is 1. The Morgan fingerprint density at radius 2 is 1.76 bits per heavy atom. The lowest BCUT2D eigenvalue weighted by atomic mass is 9.89. The van der Waals surface area contributed by atoms with Crippen LogP contribution >= 0.6 is 0 Å². The van der Waals surface area contributed by atoms with E-state index in [1.54, 1.807) is 0 Å². The minimum Gasteiger partial charge on any atom is -0.379 e. The molecule has 2 N–H and O–H groups in total. The zero-order valence-electron chi connectivity index (χ0n) is 11.9. The van der Waals surface area contributed by atoms with E-state index >= 15 is 0 Å². The van der Waals surface area contributed by atoms with Crippen LogP contribution in [0.5, 0.6) is 0 Å². The lowest BCUT2D eigenvalue weighted by Gasteiger charge is -2.38. The normalized spacial score (nSPS) is 20.4. The summed E-state index contributed by atoms with van der Waals surface area (Å²) in [5.41, 5.74) is 4.38. The number of aromatic nitrogens is 1. The first-order valence-corrected chi connectivity index (χ1v) is 7.22. The van der Waals surface area contributed by atoms with Gasteiger partial charge in [0, 0.05) is 11.9 Å². The molecule has 1 unspecified atom stereocenters. The van der Waals surface area contributed by atoms with Crippen LogP contribution < -0.4 is 10.6 Å². The smallest absolute Gasteiger partial charge is 0.0770 e. The summed E-state index contributed by atoms with van der Waals surface area (Å²) in [5.74, 6) is 0. The monoisotopic (exact) mass is 275 g/mol. The van der Waals surface area contributed by atoms with Gasteiger partial charge in [-0.2, -0.15) is 0 Å². The predicted molar refractivity (Wildman–Crippen MR) is 87.6 cm³/mol. The molecule has 2 heterocycles. The third-order valence-electron chi connectivity index (χ3n) is 4.22. The van der Waals surface area contributed by atoms with Crippen molar-refractivity contribution in [2.75, 3.05) is 17.2 Å². The highest BCUT2D eigenvalue weighted by Gasteiger charge is 2.31. The van der Waals surface area contributed by atoms with Crippen molar-refractivity contribution in [2.24, 2.45) is 0 Å². The molecule has 104 valence electrons. The highest BCUT2D eigenvalue weighted by atomic mass is 15.1. The van der Waals surface area contributed by atoms with Crippen LogP contribution in [0.15, 0.2) is 60.8 Å². The molecule has 2 aromatic carbocycles. The van der Waals surface area contributed by atoms with Crippen molar-refractivity contribution in [3.8, 4) is 0 Å². The van der Waals surface area contributed by atoms with Crippen molar-refractivity contribution < 1.29 is 0 Å². The van der Waals surface area contributed by atoms with E-state index in [0.29, 0.717) is 0 Å². The van der Waals surface area contributed by atoms with E-state index in [9.17, 15) is 0 Å². The first-order valence-electron chi connectivity index (χ1n) is 7.22. The van der Waals surface area contributed by atoms with E-state index in [4.69, 9.17) is 0 Å². The maximum Gasteiger partial charge on any atom is 0.0770 e. The maximum absolute atomic E-state index is 4.51. The molecule has 3 heteroatoms. The molecule has 0 amide bonds. The number of nitrogens with one attached hydrogen (secondary N) is 2. The highest BCUT2D eigenvalue weighted by molar-refractivity contribution is 5.98. The Morgan fingerprint density at radius 3 is 2.62 bits per heavy atom. The van der Waals surface area contributed by atoms with Gasteiger partial charge in [0.15, 0.2) is 0 Å². The molecule has 0 bridgehead atoms. The topological polar surface area (TPSA) is 37.0 Å². The van der Waals surface area contributed by atoms with Crippen LogP contribution in [-0.2, 0) is 5.54 Å². The first-order chi connectivity index (χ1) is 10.3. The third kappa shape index (κ3) is 1.93. The summed E-state index contributed by atoms with van der Waals surface area (Å²) in [5, 5.41) is 8.41. The predicted octanol–water partition coefficient (Wildman–Crippen LogP) is 3.99. The minimum absolute atomic E-state index is 0.127. The zero-order chi connectivity index (χ0) is 14.3. The van der Waals surface area contributed by atoms with Gasteiger partial charge in [0.05, 0.1) is 28.6 Å². The van der Waals surface area contributed by atoms with Crippen LogP contribution in [0.4, 0.5) is 11.4 Å². The van der Waals surface area contributed by atoms with Crippen LogP contribution in [0.1, 0.15) is 12.5 Å². The van der Waals surface area contributed by atoms with Crippen LogP contribution in [0.25, 0.3) is 10.9 Å². The molecule has 0 aliphatic carbocycles. The number of benzene rings is 2. The van der Waals surface area contributed by atoms with E-state index in [0.717, 1.165) is 28.8 Å². The van der Waals surface area contributed by atoms with Crippen molar-refractivity contribution in [3.05, 3.63) is 66.4 Å². The van der Waals surface area contributed by atoms with Crippen LogP contribution in [0.3, 0.4) is 0 Å². The highest BCUT2D eigenvalue weighted by Crippen LogP contribution is 2.39. The quantitative estimate of drug-likeness (QED) is 0.705. The van der Waals surface area contributed by atoms with Gasteiger partial charge in [0.2, 0.25) is 0 Å². The summed E-state index contributed by atoms with van der Waals surface area (Å²) in [6.07, 6.45) is 1.91. The van der Waals surface area contributed by atoms with Crippen molar-refractivity contribution in [3.63, 3.8) is 0 Å². The molecule has 1 aliphatic heterocycles. The molecular formula is C18H17N3. The molecule has 1 atom stereocenters. The largest absolute Gasteiger partial charge is 0.379 e. The Balaban J connectivity index is 1.86. The number of anilines is 2. The molecule has 21 heavy (non-hydrogen) atoms. The van der Waals surface area contributed by atoms with E-state index in [1.165, 1.54) is 5.56 Å². The van der Waals surface area contributed by atoms with Crippen molar-refractivity contribution in [2.45, 2.75) is 12.5 Å². The van der Waals surface area contributed by atoms with Crippen LogP contribution in [0, 0.1) is 0 Å². The zero-order valence-corrected chi connectivity index (χ0v) is 11.9. The molecule has 0 fully saturated rings. The number of fused-ring (bicyclic) bond motifs is 3. The van der Waals surface area contributed by atoms with Gasteiger partial charge in [-0.15, -0.1) is 0 Å². The van der Waals surface area contributed by atoms with Gasteiger partial charge in [0.1, 0.15) is 0 Å². The maximum atomic E-state index is 4.51. The molecule has 3 aromatic rings. The van der Waals surface area contributed by atoms with Crippen molar-refractivity contribution in [1.29, 1.82) is 0 Å². The minimum atomic E-state index is -0.127. The van der Waals surface area contributed by atoms with Crippen LogP contribution in [0.2, 0.25) is 0 Å². The molecule has 0 saturated heterocycles. The summed E-state index contributed by atoms with van der Waals surface area (Å²) in [7, 11) is 0. The summed E-state index contributed by atoms with van der Waals surface area (Å²) in [6.45, 7) is 3.07. The standard InChI is InChI=1S/C18H17N3/c1-18(13-7-3-2-4-8-13)12-20-16-11-19-15-10-6-5-9-14(15)17(16)21-18/h2-11,20-21H,12H2,1H3. The molecule has 1 aliphatic rings. The van der Waals surface area contributed by atoms with Crippen molar-refractivity contribution >= 4 is 22.3 Å². The van der Waals surface area contributed by atoms with Gasteiger partial charge < -0.3 is 10.6 Å². The summed E-state index contributed by atoms with van der Waals surface area (Å²) >= 11 is 0. The Labute approximate surface area is 124 Å². The van der Waals surface area contributed by atoms with Gasteiger partial charge in [-0.1, -0.05) is 48.5 Å². The fourth-order valence-electron chi connectivity index (χ4n) is 2.98. The summed E-state index contributed by atoms with van der Waals surface area (Å²) in [4.78, 5) is 4.51. The second-order valence-electron chi connectivity index (χ2n) is 5.74. The summed E-state index contributed by atoms with van der Waals surface area (Å²) in [6, 6.07) is 18.8. The lowest BCUT2D eigenvalue weighted by Crippen LogP contribution is -2.42. The Hall–Kier alpha value is -2.55. The number of pyridine rings is 1. The molecular weight excluding hydrogens is 258 g/mol. The second kappa shape index (κ2) is 4.48. The molecule has 0 spiro atoms. The fourth-order valence-corrected chi connectivity index (χ4v) is 2.98. The number of hydrogen-bond acceptors (Lipinski definition) is 3.